The summed E-state index contributed by atoms with van der Waals surface area (Å²) in [4.78, 5) is 2.40. The highest BCUT2D eigenvalue weighted by atomic mass is 32.2. The van der Waals surface area contributed by atoms with Crippen molar-refractivity contribution in [3.05, 3.63) is 46.5 Å². The predicted molar refractivity (Wildman–Crippen MR) is 144 cm³/mol. The van der Waals surface area contributed by atoms with Crippen molar-refractivity contribution in [2.45, 2.75) is 116 Å². The van der Waals surface area contributed by atoms with Crippen molar-refractivity contribution in [2.75, 3.05) is 0 Å². The number of phenolic OH excluding ortho intramolecular Hbond substituents is 2. The molecule has 2 N–H and O–H groups in total. The van der Waals surface area contributed by atoms with Crippen molar-refractivity contribution in [1.29, 1.82) is 0 Å². The van der Waals surface area contributed by atoms with E-state index < -0.39 is 0 Å². The van der Waals surface area contributed by atoms with Gasteiger partial charge in [0.1, 0.15) is 11.5 Å². The van der Waals surface area contributed by atoms with E-state index >= 15 is 0 Å². The second kappa shape index (κ2) is 13.9. The normalized spacial score (nSPS) is 13.3. The van der Waals surface area contributed by atoms with Crippen LogP contribution in [0.5, 0.6) is 11.5 Å². The van der Waals surface area contributed by atoms with Crippen molar-refractivity contribution >= 4 is 11.8 Å². The maximum atomic E-state index is 10.6. The minimum absolute atomic E-state index is 0.427. The van der Waals surface area contributed by atoms with E-state index in [1.165, 1.54) is 48.3 Å². The summed E-state index contributed by atoms with van der Waals surface area (Å²) in [6.07, 6.45) is 11.5. The van der Waals surface area contributed by atoms with Gasteiger partial charge in [-0.25, -0.2) is 0 Å². The van der Waals surface area contributed by atoms with Gasteiger partial charge >= 0.3 is 0 Å². The zero-order valence-corrected chi connectivity index (χ0v) is 22.7. The van der Waals surface area contributed by atoms with E-state index in [2.05, 4.69) is 53.7 Å². The molecule has 0 heterocycles. The Morgan fingerprint density at radius 3 is 1.39 bits per heavy atom. The van der Waals surface area contributed by atoms with Gasteiger partial charge in [-0.05, 0) is 85.0 Å². The summed E-state index contributed by atoms with van der Waals surface area (Å²) < 4.78 is 0. The van der Waals surface area contributed by atoms with Gasteiger partial charge in [0.2, 0.25) is 0 Å². The van der Waals surface area contributed by atoms with Gasteiger partial charge in [-0.2, -0.15) is 0 Å². The van der Waals surface area contributed by atoms with Crippen LogP contribution in [-0.2, 0) is 12.8 Å². The molecular weight excluding hydrogens is 424 g/mol. The van der Waals surface area contributed by atoms with Gasteiger partial charge in [-0.3, -0.25) is 0 Å². The summed E-state index contributed by atoms with van der Waals surface area (Å²) in [6.45, 7) is 13.2. The van der Waals surface area contributed by atoms with Gasteiger partial charge in [0.05, 0.1) is 0 Å². The molecule has 2 unspecified atom stereocenters. The van der Waals surface area contributed by atoms with Crippen LogP contribution in [0.1, 0.15) is 101 Å². The third-order valence-corrected chi connectivity index (χ3v) is 8.40. The van der Waals surface area contributed by atoms with Crippen molar-refractivity contribution in [3.8, 4) is 11.5 Å². The van der Waals surface area contributed by atoms with Gasteiger partial charge in [0.15, 0.2) is 0 Å². The van der Waals surface area contributed by atoms with Crippen molar-refractivity contribution in [1.82, 2.24) is 0 Å². The van der Waals surface area contributed by atoms with Crippen LogP contribution in [0.15, 0.2) is 34.1 Å². The lowest BCUT2D eigenvalue weighted by Gasteiger charge is -2.19. The first-order chi connectivity index (χ1) is 15.8. The van der Waals surface area contributed by atoms with Crippen LogP contribution >= 0.6 is 11.8 Å². The number of unbranched alkanes of at least 4 members (excludes halogenated alkanes) is 2. The van der Waals surface area contributed by atoms with Gasteiger partial charge in [0.25, 0.3) is 0 Å². The first kappa shape index (κ1) is 27.6. The average molecular weight is 471 g/mol. The third-order valence-electron chi connectivity index (χ3n) is 7.08. The number of aromatic hydroxyl groups is 2. The Labute approximate surface area is 207 Å². The minimum Gasteiger partial charge on any atom is -0.508 e. The second-order valence-electron chi connectivity index (χ2n) is 9.84. The van der Waals surface area contributed by atoms with Crippen molar-refractivity contribution < 1.29 is 10.2 Å². The van der Waals surface area contributed by atoms with Crippen LogP contribution in [0.3, 0.4) is 0 Å². The summed E-state index contributed by atoms with van der Waals surface area (Å²) in [6, 6.07) is 8.26. The number of rotatable bonds is 14. The molecule has 0 aromatic heterocycles. The topological polar surface area (TPSA) is 40.5 Å². The van der Waals surface area contributed by atoms with Crippen LogP contribution in [0.2, 0.25) is 0 Å². The maximum Gasteiger partial charge on any atom is 0.119 e. The van der Waals surface area contributed by atoms with Gasteiger partial charge < -0.3 is 10.2 Å². The van der Waals surface area contributed by atoms with Crippen LogP contribution in [0.4, 0.5) is 0 Å². The highest BCUT2D eigenvalue weighted by Crippen LogP contribution is 2.39. The van der Waals surface area contributed by atoms with E-state index in [0.717, 1.165) is 47.9 Å². The quantitative estimate of drug-likeness (QED) is 0.289. The summed E-state index contributed by atoms with van der Waals surface area (Å²) in [7, 11) is 0. The van der Waals surface area contributed by atoms with E-state index in [9.17, 15) is 10.2 Å². The molecule has 0 saturated carbocycles. The molecule has 0 aliphatic heterocycles. The molecule has 2 atom stereocenters. The molecule has 0 amide bonds. The minimum atomic E-state index is 0.427. The fourth-order valence-corrected chi connectivity index (χ4v) is 5.68. The van der Waals surface area contributed by atoms with Crippen LogP contribution in [0, 0.1) is 25.7 Å². The number of hydrogen-bond donors (Lipinski definition) is 2. The number of hydrogen-bond acceptors (Lipinski definition) is 3. The van der Waals surface area contributed by atoms with Crippen molar-refractivity contribution in [2.24, 2.45) is 11.8 Å². The Bertz CT molecular complexity index is 803. The first-order valence-electron chi connectivity index (χ1n) is 13.1. The average Bonchev–Trinajstić information content (AvgIpc) is 2.79. The molecule has 33 heavy (non-hydrogen) atoms. The molecule has 2 aromatic carbocycles. The number of benzene rings is 2. The molecule has 3 heteroatoms. The lowest BCUT2D eigenvalue weighted by molar-refractivity contribution is 0.425. The Kier molecular flexibility index (Phi) is 11.7. The second-order valence-corrected chi connectivity index (χ2v) is 10.9. The van der Waals surface area contributed by atoms with E-state index in [1.54, 1.807) is 11.8 Å². The molecule has 0 fully saturated rings. The molecule has 0 radical (unpaired) electrons. The lowest BCUT2D eigenvalue weighted by Crippen LogP contribution is -2.04. The third kappa shape index (κ3) is 8.28. The van der Waals surface area contributed by atoms with Gasteiger partial charge in [-0.1, -0.05) is 90.8 Å². The summed E-state index contributed by atoms with van der Waals surface area (Å²) >= 11 is 1.77. The fraction of sp³-hybridized carbons (Fsp3) is 0.600. The summed E-state index contributed by atoms with van der Waals surface area (Å²) in [5.74, 6) is 2.09. The summed E-state index contributed by atoms with van der Waals surface area (Å²) in [5, 5.41) is 21.3. The number of phenols is 2. The standard InChI is InChI=1S/C30H46O2S/c1-7-11-13-23(9-3)17-25-19-29(21(5)15-27(25)31)33-30-20-26(28(32)16-22(30)6)18-24(10-4)14-12-8-2/h15-16,19-20,23-24,31-32H,7-14,17-18H2,1-6H3. The zero-order chi connectivity index (χ0) is 24.4. The Morgan fingerprint density at radius 1 is 0.667 bits per heavy atom. The molecular formula is C30H46O2S. The lowest BCUT2D eigenvalue weighted by atomic mass is 9.91. The molecule has 2 rings (SSSR count). The predicted octanol–water partition coefficient (Wildman–Crippen LogP) is 9.38. The Hall–Kier alpha value is -1.61. The zero-order valence-electron chi connectivity index (χ0n) is 21.8. The van der Waals surface area contributed by atoms with E-state index in [4.69, 9.17) is 0 Å². The molecule has 0 bridgehead atoms. The highest BCUT2D eigenvalue weighted by molar-refractivity contribution is 7.99. The van der Waals surface area contributed by atoms with Crippen LogP contribution < -0.4 is 0 Å². The van der Waals surface area contributed by atoms with Crippen LogP contribution in [0.25, 0.3) is 0 Å². The Morgan fingerprint density at radius 2 is 1.06 bits per heavy atom. The van der Waals surface area contributed by atoms with Gasteiger partial charge in [-0.15, -0.1) is 0 Å². The number of aryl methyl sites for hydroxylation is 2. The van der Waals surface area contributed by atoms with E-state index in [0.29, 0.717) is 23.3 Å². The largest absolute Gasteiger partial charge is 0.508 e. The maximum absolute atomic E-state index is 10.6. The van der Waals surface area contributed by atoms with E-state index in [-0.39, 0.29) is 0 Å². The van der Waals surface area contributed by atoms with E-state index in [1.807, 2.05) is 12.1 Å². The molecule has 0 spiro atoms. The molecule has 0 aliphatic carbocycles. The monoisotopic (exact) mass is 470 g/mol. The molecule has 0 saturated heterocycles. The molecule has 0 aliphatic rings. The fourth-order valence-electron chi connectivity index (χ4n) is 4.60. The molecule has 2 aromatic rings. The molecule has 2 nitrogen and oxygen atoms in total. The van der Waals surface area contributed by atoms with Crippen molar-refractivity contribution in [3.63, 3.8) is 0 Å². The molecule has 184 valence electrons. The van der Waals surface area contributed by atoms with Gasteiger partial charge in [0, 0.05) is 9.79 Å². The first-order valence-corrected chi connectivity index (χ1v) is 14.0. The summed E-state index contributed by atoms with van der Waals surface area (Å²) in [5.41, 5.74) is 4.33. The van der Waals surface area contributed by atoms with Crippen LogP contribution in [-0.4, -0.2) is 10.2 Å². The smallest absolute Gasteiger partial charge is 0.119 e. The Balaban J connectivity index is 2.28. The highest BCUT2D eigenvalue weighted by Gasteiger charge is 2.16. The SMILES string of the molecule is CCCCC(CC)Cc1cc(Sc2cc(CC(CC)CCCC)c(O)cc2C)c(C)cc1O.